The maximum absolute atomic E-state index is 12.4. The second-order valence-electron chi connectivity index (χ2n) is 6.73. The molecule has 24 heavy (non-hydrogen) atoms. The lowest BCUT2D eigenvalue weighted by molar-refractivity contribution is -0.384. The van der Waals surface area contributed by atoms with Crippen LogP contribution in [-0.4, -0.2) is 41.9 Å². The van der Waals surface area contributed by atoms with E-state index in [1.807, 2.05) is 11.0 Å². The van der Waals surface area contributed by atoms with E-state index < -0.39 is 4.92 Å². The van der Waals surface area contributed by atoms with Crippen molar-refractivity contribution in [1.29, 1.82) is 0 Å². The molecule has 0 bridgehead atoms. The molecule has 3 rings (SSSR count). The Hall–Kier alpha value is -1.66. The largest absolute Gasteiger partial charge is 0.343 e. The summed E-state index contributed by atoms with van der Waals surface area (Å²) in [6.45, 7) is 3.87. The second-order valence-corrected chi connectivity index (χ2v) is 6.73. The number of hydrogen-bond acceptors (Lipinski definition) is 4. The van der Waals surface area contributed by atoms with Crippen LogP contribution < -0.4 is 5.32 Å². The number of nitro groups is 1. The maximum atomic E-state index is 12.4. The van der Waals surface area contributed by atoms with E-state index in [1.54, 1.807) is 12.1 Å². The SMILES string of the molecule is Cl.O=C(CCc1cccc([N+](=O)[O-])c1)N1CCC2(CCNC2)CC1. The van der Waals surface area contributed by atoms with Crippen molar-refractivity contribution in [3.8, 4) is 0 Å². The highest BCUT2D eigenvalue weighted by atomic mass is 35.5. The molecule has 1 aromatic carbocycles. The molecule has 0 radical (unpaired) electrons. The highest BCUT2D eigenvalue weighted by molar-refractivity contribution is 5.85. The fourth-order valence-corrected chi connectivity index (χ4v) is 3.69. The number of non-ortho nitro benzene ring substituents is 1. The van der Waals surface area contributed by atoms with Crippen LogP contribution in [0.25, 0.3) is 0 Å². The van der Waals surface area contributed by atoms with Gasteiger partial charge < -0.3 is 10.2 Å². The molecule has 1 N–H and O–H groups in total. The summed E-state index contributed by atoms with van der Waals surface area (Å²) in [5.41, 5.74) is 1.35. The number of benzene rings is 1. The molecule has 6 nitrogen and oxygen atoms in total. The first-order valence-electron chi connectivity index (χ1n) is 8.30. The van der Waals surface area contributed by atoms with Crippen LogP contribution in [0.4, 0.5) is 5.69 Å². The fourth-order valence-electron chi connectivity index (χ4n) is 3.69. The molecule has 2 fully saturated rings. The molecular formula is C17H24ClN3O3. The molecule has 1 spiro atoms. The third-order valence-corrected chi connectivity index (χ3v) is 5.26. The summed E-state index contributed by atoms with van der Waals surface area (Å²) in [7, 11) is 0. The van der Waals surface area contributed by atoms with E-state index in [4.69, 9.17) is 0 Å². The van der Waals surface area contributed by atoms with Crippen LogP contribution in [-0.2, 0) is 11.2 Å². The highest BCUT2D eigenvalue weighted by Crippen LogP contribution is 2.37. The van der Waals surface area contributed by atoms with Gasteiger partial charge in [-0.1, -0.05) is 12.1 Å². The lowest BCUT2D eigenvalue weighted by Gasteiger charge is -2.39. The van der Waals surface area contributed by atoms with Crippen LogP contribution in [0.3, 0.4) is 0 Å². The quantitative estimate of drug-likeness (QED) is 0.666. The molecule has 0 unspecified atom stereocenters. The van der Waals surface area contributed by atoms with Gasteiger partial charge in [0.1, 0.15) is 0 Å². The van der Waals surface area contributed by atoms with Gasteiger partial charge in [0.2, 0.25) is 5.91 Å². The maximum Gasteiger partial charge on any atom is 0.269 e. The molecule has 0 saturated carbocycles. The Morgan fingerprint density at radius 3 is 2.67 bits per heavy atom. The smallest absolute Gasteiger partial charge is 0.269 e. The van der Waals surface area contributed by atoms with E-state index in [0.717, 1.165) is 44.6 Å². The molecule has 0 aliphatic carbocycles. The van der Waals surface area contributed by atoms with Gasteiger partial charge >= 0.3 is 0 Å². The van der Waals surface area contributed by atoms with E-state index in [2.05, 4.69) is 5.32 Å². The van der Waals surface area contributed by atoms with Gasteiger partial charge in [-0.05, 0) is 43.2 Å². The number of amides is 1. The zero-order valence-corrected chi connectivity index (χ0v) is 14.5. The molecule has 132 valence electrons. The minimum atomic E-state index is -0.398. The van der Waals surface area contributed by atoms with Gasteiger partial charge in [-0.25, -0.2) is 0 Å². The molecule has 2 aliphatic rings. The summed E-state index contributed by atoms with van der Waals surface area (Å²) >= 11 is 0. The Morgan fingerprint density at radius 2 is 2.04 bits per heavy atom. The summed E-state index contributed by atoms with van der Waals surface area (Å²) in [4.78, 5) is 24.7. The molecule has 2 saturated heterocycles. The highest BCUT2D eigenvalue weighted by Gasteiger charge is 2.37. The van der Waals surface area contributed by atoms with Crippen LogP contribution in [0.2, 0.25) is 0 Å². The number of piperidine rings is 1. The summed E-state index contributed by atoms with van der Waals surface area (Å²) in [6.07, 6.45) is 4.38. The van der Waals surface area contributed by atoms with Crippen molar-refractivity contribution in [2.75, 3.05) is 26.2 Å². The minimum absolute atomic E-state index is 0. The molecule has 1 aromatic rings. The van der Waals surface area contributed by atoms with E-state index in [0.29, 0.717) is 18.3 Å². The number of hydrogen-bond donors (Lipinski definition) is 1. The average Bonchev–Trinajstić information content (AvgIpc) is 3.01. The molecule has 2 aliphatic heterocycles. The van der Waals surface area contributed by atoms with Crippen LogP contribution in [0.15, 0.2) is 24.3 Å². The van der Waals surface area contributed by atoms with Crippen LogP contribution in [0, 0.1) is 15.5 Å². The summed E-state index contributed by atoms with van der Waals surface area (Å²) in [5, 5.41) is 14.2. The van der Waals surface area contributed by atoms with Gasteiger partial charge in [-0.2, -0.15) is 0 Å². The lowest BCUT2D eigenvalue weighted by atomic mass is 9.78. The number of nitrogens with one attached hydrogen (secondary N) is 1. The number of carbonyl (C=O) groups excluding carboxylic acids is 1. The molecule has 0 atom stereocenters. The normalized spacial score (nSPS) is 19.1. The Morgan fingerprint density at radius 1 is 1.29 bits per heavy atom. The minimum Gasteiger partial charge on any atom is -0.343 e. The Bertz CT molecular complexity index is 592. The number of rotatable bonds is 4. The molecular weight excluding hydrogens is 330 g/mol. The Kier molecular flexibility index (Phi) is 6.18. The van der Waals surface area contributed by atoms with E-state index in [-0.39, 0.29) is 24.0 Å². The number of nitro benzene ring substituents is 1. The first-order valence-corrected chi connectivity index (χ1v) is 8.30. The van der Waals surface area contributed by atoms with E-state index in [9.17, 15) is 14.9 Å². The Labute approximate surface area is 148 Å². The van der Waals surface area contributed by atoms with Crippen molar-refractivity contribution in [3.63, 3.8) is 0 Å². The standard InChI is InChI=1S/C17H23N3O3.ClH/c21-16(5-4-14-2-1-3-15(12-14)20(22)23)19-10-7-17(8-11-19)6-9-18-13-17;/h1-3,12,18H,4-11,13H2;1H. The van der Waals surface area contributed by atoms with Gasteiger partial charge in [0.25, 0.3) is 5.69 Å². The van der Waals surface area contributed by atoms with Crippen LogP contribution in [0.1, 0.15) is 31.2 Å². The molecule has 0 aromatic heterocycles. The van der Waals surface area contributed by atoms with E-state index >= 15 is 0 Å². The topological polar surface area (TPSA) is 75.5 Å². The number of nitrogens with zero attached hydrogens (tertiary/aromatic N) is 2. The van der Waals surface area contributed by atoms with Crippen LogP contribution >= 0.6 is 12.4 Å². The number of likely N-dealkylation sites (tertiary alicyclic amines) is 1. The van der Waals surface area contributed by atoms with Gasteiger partial charge in [0.15, 0.2) is 0 Å². The van der Waals surface area contributed by atoms with Crippen molar-refractivity contribution in [1.82, 2.24) is 10.2 Å². The first kappa shape index (κ1) is 18.7. The average molecular weight is 354 g/mol. The third kappa shape index (κ3) is 4.24. The third-order valence-electron chi connectivity index (χ3n) is 5.26. The summed E-state index contributed by atoms with van der Waals surface area (Å²) < 4.78 is 0. The van der Waals surface area contributed by atoms with Gasteiger partial charge in [0.05, 0.1) is 4.92 Å². The monoisotopic (exact) mass is 353 g/mol. The zero-order valence-electron chi connectivity index (χ0n) is 13.7. The molecule has 7 heteroatoms. The van der Waals surface area contributed by atoms with Crippen LogP contribution in [0.5, 0.6) is 0 Å². The summed E-state index contributed by atoms with van der Waals surface area (Å²) in [5.74, 6) is 0.164. The predicted molar refractivity (Wildman–Crippen MR) is 94.4 cm³/mol. The van der Waals surface area contributed by atoms with E-state index in [1.165, 1.54) is 12.5 Å². The van der Waals surface area contributed by atoms with Crippen molar-refractivity contribution in [2.24, 2.45) is 5.41 Å². The number of carbonyl (C=O) groups is 1. The van der Waals surface area contributed by atoms with Crippen molar-refractivity contribution >= 4 is 24.0 Å². The van der Waals surface area contributed by atoms with Gasteiger partial charge in [0, 0.05) is 38.2 Å². The first-order chi connectivity index (χ1) is 11.1. The Balaban J connectivity index is 0.00000208. The predicted octanol–water partition coefficient (Wildman–Crippen LogP) is 2.55. The van der Waals surface area contributed by atoms with Crippen molar-refractivity contribution < 1.29 is 9.72 Å². The molecule has 2 heterocycles. The second kappa shape index (κ2) is 7.94. The van der Waals surface area contributed by atoms with Gasteiger partial charge in [-0.3, -0.25) is 14.9 Å². The van der Waals surface area contributed by atoms with Crippen molar-refractivity contribution in [2.45, 2.75) is 32.1 Å². The fraction of sp³-hybridized carbons (Fsp3) is 0.588. The zero-order chi connectivity index (χ0) is 16.3. The number of halogens is 1. The van der Waals surface area contributed by atoms with Crippen molar-refractivity contribution in [3.05, 3.63) is 39.9 Å². The van der Waals surface area contributed by atoms with Gasteiger partial charge in [-0.15, -0.1) is 12.4 Å². The summed E-state index contributed by atoms with van der Waals surface area (Å²) in [6, 6.07) is 6.55. The molecule has 1 amide bonds. The lowest BCUT2D eigenvalue weighted by Crippen LogP contribution is -2.44. The number of aryl methyl sites for hydroxylation is 1.